The van der Waals surface area contributed by atoms with E-state index in [2.05, 4.69) is 81.5 Å². The quantitative estimate of drug-likeness (QED) is 0.180. The number of fused-ring (bicyclic) bond motifs is 3. The van der Waals surface area contributed by atoms with Crippen molar-refractivity contribution in [3.63, 3.8) is 0 Å². The normalized spacial score (nSPS) is 19.1. The van der Waals surface area contributed by atoms with E-state index >= 15 is 0 Å². The van der Waals surface area contributed by atoms with Crippen LogP contribution in [0, 0.1) is 0 Å². The van der Waals surface area contributed by atoms with Crippen LogP contribution in [0.2, 0.25) is 0 Å². The molecular weight excluding hydrogens is 1290 g/mol. The summed E-state index contributed by atoms with van der Waals surface area (Å²) >= 11 is 38.2. The molecule has 5 heterocycles. The van der Waals surface area contributed by atoms with E-state index in [0.29, 0.717) is 87.4 Å². The Balaban J connectivity index is 1.26. The number of halogens is 2. The van der Waals surface area contributed by atoms with E-state index < -0.39 is 0 Å². The van der Waals surface area contributed by atoms with Gasteiger partial charge in [0.2, 0.25) is 0 Å². The molecule has 0 atom stereocenters. The molecule has 0 radical (unpaired) electrons. The van der Waals surface area contributed by atoms with Gasteiger partial charge in [0.25, 0.3) is 0 Å². The third-order valence-electron chi connectivity index (χ3n) is 9.21. The second-order valence-corrected chi connectivity index (χ2v) is 32.8. The average Bonchev–Trinajstić information content (AvgIpc) is 4.16. The third-order valence-corrected chi connectivity index (χ3v) is 33.4. The van der Waals surface area contributed by atoms with Gasteiger partial charge in [0.15, 0.2) is 23.0 Å². The Morgan fingerprint density at radius 3 is 0.985 bits per heavy atom. The summed E-state index contributed by atoms with van der Waals surface area (Å²) in [7, 11) is 3.40. The van der Waals surface area contributed by atoms with Gasteiger partial charge in [0.1, 0.15) is 13.2 Å². The van der Waals surface area contributed by atoms with Crippen molar-refractivity contribution < 1.29 is 33.2 Å². The van der Waals surface area contributed by atoms with Gasteiger partial charge in [-0.1, -0.05) is 94.1 Å². The Morgan fingerprint density at radius 1 is 0.433 bits per heavy atom. The number of hydrogen-bond donors (Lipinski definition) is 0. The molecule has 25 heteroatoms. The van der Waals surface area contributed by atoms with Crippen molar-refractivity contribution in [1.29, 1.82) is 0 Å². The zero-order valence-electron chi connectivity index (χ0n) is 37.4. The van der Waals surface area contributed by atoms with Crippen LogP contribution in [0.4, 0.5) is 0 Å². The summed E-state index contributed by atoms with van der Waals surface area (Å²) in [6.07, 6.45) is 13.0. The molecule has 0 spiro atoms. The summed E-state index contributed by atoms with van der Waals surface area (Å²) in [5, 5.41) is 0. The number of thioether (sulfide) groups is 16. The van der Waals surface area contributed by atoms with Crippen LogP contribution >= 0.6 is 220 Å². The molecule has 0 bridgehead atoms. The lowest BCUT2D eigenvalue weighted by molar-refractivity contribution is 0.00501. The second kappa shape index (κ2) is 29.1. The van der Waals surface area contributed by atoms with Crippen LogP contribution < -0.4 is 18.9 Å². The number of hydrogen-bond acceptors (Lipinski definition) is 23. The highest BCUT2D eigenvalue weighted by Gasteiger charge is 2.34. The number of rotatable bonds is 14. The van der Waals surface area contributed by atoms with E-state index in [1.807, 2.05) is 188 Å². The van der Waals surface area contributed by atoms with E-state index in [1.165, 1.54) is 50.8 Å². The molecule has 7 nitrogen and oxygen atoms in total. The second-order valence-electron chi connectivity index (χ2n) is 13.1. The van der Waals surface area contributed by atoms with Gasteiger partial charge in [-0.15, -0.1) is 94.1 Å². The number of methoxy groups -OCH3 is 2. The minimum Gasteiger partial charge on any atom is -0.493 e. The van der Waals surface area contributed by atoms with Crippen LogP contribution in [0.25, 0.3) is 11.1 Å². The third kappa shape index (κ3) is 14.5. The van der Waals surface area contributed by atoms with E-state index in [0.717, 1.165) is 31.2 Å². The first-order chi connectivity index (χ1) is 32.7. The van der Waals surface area contributed by atoms with Crippen LogP contribution in [0.5, 0.6) is 23.0 Å². The van der Waals surface area contributed by atoms with Crippen molar-refractivity contribution >= 4 is 220 Å². The van der Waals surface area contributed by atoms with Crippen LogP contribution in [-0.4, -0.2) is 105 Å². The van der Waals surface area contributed by atoms with Crippen LogP contribution in [-0.2, 0) is 25.7 Å². The predicted molar refractivity (Wildman–Crippen MR) is 330 cm³/mol. The van der Waals surface area contributed by atoms with Gasteiger partial charge in [0, 0.05) is 31.6 Å². The van der Waals surface area contributed by atoms with E-state index in [-0.39, 0.29) is 0 Å². The Bertz CT molecular complexity index is 2160. The SMILES string of the molecule is COc1cc(CSC2=C(SC)SC(=C3SC(SC)=C(SC)S3)S2)c(Br)c2c1OCCOCCOCCOCCOc1c(OC)cc(CSC3=C(SC)SC(=C4SC(SC)=C(SC)S4)S3)c(Br)c1-2. The Kier molecular flexibility index (Phi) is 24.9. The maximum absolute atomic E-state index is 6.73. The van der Waals surface area contributed by atoms with Gasteiger partial charge in [-0.3, -0.25) is 0 Å². The van der Waals surface area contributed by atoms with Gasteiger partial charge < -0.3 is 33.2 Å². The molecular formula is C42H46Br2O7S16. The Labute approximate surface area is 480 Å². The van der Waals surface area contributed by atoms with Crippen LogP contribution in [0.3, 0.4) is 0 Å². The largest absolute Gasteiger partial charge is 0.493 e. The molecule has 67 heavy (non-hydrogen) atoms. The van der Waals surface area contributed by atoms with E-state index in [9.17, 15) is 0 Å². The van der Waals surface area contributed by atoms with Crippen LogP contribution in [0.15, 0.2) is 71.9 Å². The highest BCUT2D eigenvalue weighted by atomic mass is 79.9. The summed E-state index contributed by atoms with van der Waals surface area (Å²) in [6, 6.07) is 4.19. The van der Waals surface area contributed by atoms with Gasteiger partial charge in [-0.2, -0.15) is 0 Å². The molecule has 0 aromatic heterocycles. The van der Waals surface area contributed by atoms with Crippen LogP contribution in [0.1, 0.15) is 11.1 Å². The monoisotopic (exact) mass is 1330 g/mol. The lowest BCUT2D eigenvalue weighted by Gasteiger charge is -2.24. The molecule has 366 valence electrons. The molecule has 7 rings (SSSR count). The molecule has 0 amide bonds. The van der Waals surface area contributed by atoms with Crippen molar-refractivity contribution in [1.82, 2.24) is 0 Å². The Morgan fingerprint density at radius 2 is 0.701 bits per heavy atom. The molecule has 5 aliphatic rings. The fraction of sp³-hybridized carbons (Fsp3) is 0.429. The van der Waals surface area contributed by atoms with Gasteiger partial charge in [-0.05, 0) is 92.7 Å². The van der Waals surface area contributed by atoms with E-state index in [4.69, 9.17) is 33.2 Å². The van der Waals surface area contributed by atoms with Crippen molar-refractivity contribution in [3.8, 4) is 34.1 Å². The van der Waals surface area contributed by atoms with Crippen molar-refractivity contribution in [3.05, 3.63) is 83.1 Å². The molecule has 0 saturated carbocycles. The smallest absolute Gasteiger partial charge is 0.170 e. The molecule has 0 N–H and O–H groups in total. The highest BCUT2D eigenvalue weighted by molar-refractivity contribution is 9.11. The van der Waals surface area contributed by atoms with Crippen molar-refractivity contribution in [2.45, 2.75) is 11.5 Å². The lowest BCUT2D eigenvalue weighted by Crippen LogP contribution is -2.14. The van der Waals surface area contributed by atoms with E-state index in [1.54, 1.807) is 14.2 Å². The molecule has 2 aromatic rings. The van der Waals surface area contributed by atoms with Gasteiger partial charge in [-0.25, -0.2) is 0 Å². The molecule has 5 aliphatic heterocycles. The first-order valence-electron chi connectivity index (χ1n) is 19.9. The minimum atomic E-state index is 0.297. The van der Waals surface area contributed by atoms with Crippen molar-refractivity contribution in [2.24, 2.45) is 0 Å². The summed E-state index contributed by atoms with van der Waals surface area (Å²) < 4.78 is 61.6. The Hall–Kier alpha value is 2.52. The minimum absolute atomic E-state index is 0.297. The molecule has 2 aromatic carbocycles. The van der Waals surface area contributed by atoms with Crippen molar-refractivity contribution in [2.75, 3.05) is 105 Å². The molecule has 0 unspecified atom stereocenters. The maximum Gasteiger partial charge on any atom is 0.170 e. The zero-order chi connectivity index (χ0) is 47.5. The average molecular weight is 1340 g/mol. The zero-order valence-corrected chi connectivity index (χ0v) is 53.6. The standard InChI is InChI=1S/C42H46Br2O7S16/c1-45-23-17-21(19-58-37-35(56-7)64-41(66-37)39-60-31(52-3)32(53-4)61-39)27(43)25-26-28(44)22(20-59-38-36(57-8)65-42(67-38)40-62-33(54-5)34(55-6)63-40)18-24(46-2)30(26)51-16-14-49-12-10-47-9-11-48-13-15-50-29(23)25/h17-18H,9-16,19-20H2,1-8H3. The van der Waals surface area contributed by atoms with Gasteiger partial charge in [0.05, 0.1) is 105 Å². The lowest BCUT2D eigenvalue weighted by atomic mass is 9.98. The fourth-order valence-corrected chi connectivity index (χ4v) is 29.2. The topological polar surface area (TPSA) is 64.6 Å². The summed E-state index contributed by atoms with van der Waals surface area (Å²) in [4.78, 5) is 0. The van der Waals surface area contributed by atoms with Gasteiger partial charge >= 0.3 is 0 Å². The molecule has 0 saturated heterocycles. The first-order valence-corrected chi connectivity index (χ1v) is 37.3. The number of benzene rings is 2. The molecule has 0 fully saturated rings. The molecule has 0 aliphatic carbocycles. The summed E-state index contributed by atoms with van der Waals surface area (Å²) in [5.74, 6) is 3.77. The highest BCUT2D eigenvalue weighted by Crippen LogP contribution is 2.68. The first kappa shape index (κ1) is 57.2. The number of ether oxygens (including phenoxy) is 7. The fourth-order valence-electron chi connectivity index (χ4n) is 6.17. The summed E-state index contributed by atoms with van der Waals surface area (Å²) in [5.41, 5.74) is 3.74. The summed E-state index contributed by atoms with van der Waals surface area (Å²) in [6.45, 7) is 3.18. The predicted octanol–water partition coefficient (Wildman–Crippen LogP) is 18.0. The maximum atomic E-state index is 6.73.